The largest absolute Gasteiger partial charge is 0.265 e. The third-order valence-corrected chi connectivity index (χ3v) is 8.61. The van der Waals surface area contributed by atoms with Crippen molar-refractivity contribution in [1.29, 1.82) is 0 Å². The van der Waals surface area contributed by atoms with E-state index in [0.29, 0.717) is 0 Å². The topological polar surface area (TPSA) is 51.6 Å². The summed E-state index contributed by atoms with van der Waals surface area (Å²) in [5.41, 5.74) is 15.7. The molecule has 8 aromatic rings. The van der Waals surface area contributed by atoms with Crippen molar-refractivity contribution in [2.75, 3.05) is 0 Å². The third kappa shape index (κ3) is 6.15. The molecule has 0 aliphatic heterocycles. The fraction of sp³-hybridized carbons (Fsp3) is 0. The van der Waals surface area contributed by atoms with Crippen LogP contribution < -0.4 is 0 Å². The molecule has 8 rings (SSSR count). The number of benzene rings is 4. The van der Waals surface area contributed by atoms with Gasteiger partial charge in [-0.1, -0.05) is 36.4 Å². The Labute approximate surface area is 280 Å². The highest BCUT2D eigenvalue weighted by atomic mass is 14.6. The highest BCUT2D eigenvalue weighted by molar-refractivity contribution is 5.88. The molecule has 4 heterocycles. The van der Waals surface area contributed by atoms with Crippen LogP contribution in [0.4, 0.5) is 0 Å². The summed E-state index contributed by atoms with van der Waals surface area (Å²) < 4.78 is 0. The summed E-state index contributed by atoms with van der Waals surface area (Å²) in [5, 5.41) is 0. The summed E-state index contributed by atoms with van der Waals surface area (Å²) in [6, 6.07) is 47.5. The van der Waals surface area contributed by atoms with E-state index in [2.05, 4.69) is 147 Å². The van der Waals surface area contributed by atoms with E-state index in [-0.39, 0.29) is 0 Å². The molecule has 4 nitrogen and oxygen atoms in total. The minimum Gasteiger partial charge on any atom is -0.265 e. The maximum Gasteiger partial charge on any atom is 0.0346 e. The number of pyridine rings is 4. The first kappa shape index (κ1) is 28.9. The molecule has 0 bridgehead atoms. The summed E-state index contributed by atoms with van der Waals surface area (Å²) in [6.45, 7) is 0. The molecular formula is C44H30N4. The maximum absolute atomic E-state index is 4.46. The van der Waals surface area contributed by atoms with E-state index in [1.54, 1.807) is 0 Å². The van der Waals surface area contributed by atoms with Crippen molar-refractivity contribution in [3.8, 4) is 77.9 Å². The Balaban J connectivity index is 1.36. The van der Waals surface area contributed by atoms with Gasteiger partial charge in [0.2, 0.25) is 0 Å². The molecule has 0 aliphatic carbocycles. The summed E-state index contributed by atoms with van der Waals surface area (Å²) >= 11 is 0. The number of hydrogen-bond donors (Lipinski definition) is 0. The highest BCUT2D eigenvalue weighted by Gasteiger charge is 2.14. The zero-order valence-corrected chi connectivity index (χ0v) is 26.1. The summed E-state index contributed by atoms with van der Waals surface area (Å²) in [7, 11) is 0. The second kappa shape index (κ2) is 13.1. The average molecular weight is 615 g/mol. The van der Waals surface area contributed by atoms with Crippen LogP contribution in [0.1, 0.15) is 0 Å². The van der Waals surface area contributed by atoms with E-state index < -0.39 is 0 Å². The molecule has 4 heteroatoms. The van der Waals surface area contributed by atoms with Gasteiger partial charge < -0.3 is 0 Å². The Morgan fingerprint density at radius 2 is 0.500 bits per heavy atom. The van der Waals surface area contributed by atoms with Crippen molar-refractivity contribution in [2.45, 2.75) is 0 Å². The fourth-order valence-electron chi connectivity index (χ4n) is 6.18. The lowest BCUT2D eigenvalue weighted by atomic mass is 9.88. The molecule has 0 saturated carbocycles. The van der Waals surface area contributed by atoms with Crippen LogP contribution in [0.5, 0.6) is 0 Å². The predicted octanol–water partition coefficient (Wildman–Crippen LogP) is 10.9. The molecule has 0 amide bonds. The first-order valence-corrected chi connectivity index (χ1v) is 15.9. The Morgan fingerprint density at radius 3 is 0.833 bits per heavy atom. The molecular weight excluding hydrogens is 585 g/mol. The molecule has 0 atom stereocenters. The lowest BCUT2D eigenvalue weighted by molar-refractivity contribution is 1.32. The van der Waals surface area contributed by atoms with Gasteiger partial charge >= 0.3 is 0 Å². The molecule has 226 valence electrons. The van der Waals surface area contributed by atoms with Gasteiger partial charge in [0.15, 0.2) is 0 Å². The predicted molar refractivity (Wildman–Crippen MR) is 196 cm³/mol. The maximum atomic E-state index is 4.46. The SMILES string of the molecule is c1ccc(-c2cc(-c3ccncc3)cc(-c3cc(-c4cccnc4)cc(-c4cc(-c5ccncc5)cc(-c5ccncc5)c4)c3)c2)cc1. The molecule has 0 N–H and O–H groups in total. The molecule has 0 radical (unpaired) electrons. The first-order valence-electron chi connectivity index (χ1n) is 15.9. The Morgan fingerprint density at radius 1 is 0.208 bits per heavy atom. The second-order valence-corrected chi connectivity index (χ2v) is 11.7. The molecule has 0 unspecified atom stereocenters. The van der Waals surface area contributed by atoms with Crippen LogP contribution in [0, 0.1) is 0 Å². The van der Waals surface area contributed by atoms with Crippen molar-refractivity contribution < 1.29 is 0 Å². The Hall–Kier alpha value is -6.52. The summed E-state index contributed by atoms with van der Waals surface area (Å²) in [5.74, 6) is 0. The number of aromatic nitrogens is 4. The first-order chi connectivity index (χ1) is 23.8. The van der Waals surface area contributed by atoms with Gasteiger partial charge in [0.25, 0.3) is 0 Å². The van der Waals surface area contributed by atoms with Crippen LogP contribution in [0.2, 0.25) is 0 Å². The summed E-state index contributed by atoms with van der Waals surface area (Å²) in [6.07, 6.45) is 14.8. The molecule has 48 heavy (non-hydrogen) atoms. The normalized spacial score (nSPS) is 10.9. The minimum atomic E-state index is 1.06. The number of nitrogens with zero attached hydrogens (tertiary/aromatic N) is 4. The van der Waals surface area contributed by atoms with E-state index >= 15 is 0 Å². The van der Waals surface area contributed by atoms with Gasteiger partial charge in [-0.15, -0.1) is 0 Å². The summed E-state index contributed by atoms with van der Waals surface area (Å²) in [4.78, 5) is 17.3. The van der Waals surface area contributed by atoms with Crippen molar-refractivity contribution in [3.05, 3.63) is 183 Å². The molecule has 0 aliphatic rings. The van der Waals surface area contributed by atoms with Crippen LogP contribution in [0.3, 0.4) is 0 Å². The van der Waals surface area contributed by atoms with Gasteiger partial charge in [-0.05, 0) is 169 Å². The highest BCUT2D eigenvalue weighted by Crippen LogP contribution is 2.39. The minimum absolute atomic E-state index is 1.06. The zero-order valence-electron chi connectivity index (χ0n) is 26.1. The lowest BCUT2D eigenvalue weighted by Crippen LogP contribution is -1.91. The number of rotatable bonds is 7. The van der Waals surface area contributed by atoms with Crippen molar-refractivity contribution in [3.63, 3.8) is 0 Å². The second-order valence-electron chi connectivity index (χ2n) is 11.7. The zero-order chi connectivity index (χ0) is 32.1. The molecule has 0 saturated heterocycles. The van der Waals surface area contributed by atoms with Gasteiger partial charge in [-0.3, -0.25) is 19.9 Å². The smallest absolute Gasteiger partial charge is 0.0346 e. The molecule has 0 fully saturated rings. The Bertz CT molecular complexity index is 2050. The van der Waals surface area contributed by atoms with Gasteiger partial charge in [0.05, 0.1) is 0 Å². The third-order valence-electron chi connectivity index (χ3n) is 8.61. The van der Waals surface area contributed by atoms with E-state index in [1.807, 2.05) is 55.6 Å². The van der Waals surface area contributed by atoms with Crippen LogP contribution in [0.25, 0.3) is 77.9 Å². The number of hydrogen-bond acceptors (Lipinski definition) is 4. The van der Waals surface area contributed by atoms with Crippen LogP contribution >= 0.6 is 0 Å². The van der Waals surface area contributed by atoms with E-state index in [4.69, 9.17) is 0 Å². The lowest BCUT2D eigenvalue weighted by Gasteiger charge is -2.16. The standard InChI is InChI=1S/C44H30N4/c1-2-5-31(6-3-1)36-21-37(32-8-15-45-16-9-32)24-41(23-36)43-27-40(35-7-4-14-48-30-35)28-44(29-43)42-25-38(33-10-17-46-18-11-33)22-39(26-42)34-12-19-47-20-13-34/h1-30H. The molecule has 4 aromatic carbocycles. The van der Waals surface area contributed by atoms with E-state index in [1.165, 1.54) is 5.56 Å². The van der Waals surface area contributed by atoms with Crippen LogP contribution in [-0.4, -0.2) is 19.9 Å². The van der Waals surface area contributed by atoms with Crippen molar-refractivity contribution in [1.82, 2.24) is 19.9 Å². The van der Waals surface area contributed by atoms with E-state index in [0.717, 1.165) is 72.3 Å². The van der Waals surface area contributed by atoms with E-state index in [9.17, 15) is 0 Å². The van der Waals surface area contributed by atoms with Gasteiger partial charge in [0, 0.05) is 55.1 Å². The van der Waals surface area contributed by atoms with Gasteiger partial charge in [-0.2, -0.15) is 0 Å². The van der Waals surface area contributed by atoms with Gasteiger partial charge in [0.1, 0.15) is 0 Å². The van der Waals surface area contributed by atoms with Crippen LogP contribution in [0.15, 0.2) is 183 Å². The molecule has 4 aromatic heterocycles. The van der Waals surface area contributed by atoms with Crippen LogP contribution in [-0.2, 0) is 0 Å². The Kier molecular flexibility index (Phi) is 7.87. The monoisotopic (exact) mass is 614 g/mol. The fourth-order valence-corrected chi connectivity index (χ4v) is 6.18. The quantitative estimate of drug-likeness (QED) is 0.179. The van der Waals surface area contributed by atoms with Crippen molar-refractivity contribution in [2.24, 2.45) is 0 Å². The molecule has 0 spiro atoms. The van der Waals surface area contributed by atoms with Crippen molar-refractivity contribution >= 4 is 0 Å². The van der Waals surface area contributed by atoms with Gasteiger partial charge in [-0.25, -0.2) is 0 Å². The average Bonchev–Trinajstić information content (AvgIpc) is 3.19.